The van der Waals surface area contributed by atoms with E-state index in [1.54, 1.807) is 0 Å². The van der Waals surface area contributed by atoms with Gasteiger partial charge in [-0.15, -0.1) is 0 Å². The molecule has 0 heterocycles. The molecule has 0 aromatic heterocycles. The molecule has 26 heavy (non-hydrogen) atoms. The molecule has 0 aliphatic heterocycles. The summed E-state index contributed by atoms with van der Waals surface area (Å²) in [7, 11) is 2.78. The third-order valence-electron chi connectivity index (χ3n) is 4.81. The molecule has 1 aliphatic rings. The van der Waals surface area contributed by atoms with Gasteiger partial charge in [0.05, 0.1) is 16.4 Å². The van der Waals surface area contributed by atoms with Crippen LogP contribution in [0.25, 0.3) is 0 Å². The monoisotopic (exact) mass is 363 g/mol. The number of rotatable bonds is 4. The number of non-ortho nitro benzene ring substituents is 1. The Morgan fingerprint density at radius 2 is 1.73 bits per heavy atom. The predicted octanol–water partition coefficient (Wildman–Crippen LogP) is 0.127. The summed E-state index contributed by atoms with van der Waals surface area (Å²) >= 11 is 0. The molecule has 4 unspecified atom stereocenters. The number of Topliss-reactive ketones (excluding diaryl/α,β-unsaturated/α-hetero) is 1. The van der Waals surface area contributed by atoms with Crippen molar-refractivity contribution < 1.29 is 24.4 Å². The topological polar surface area (TPSA) is 139 Å². The summed E-state index contributed by atoms with van der Waals surface area (Å²) in [5, 5.41) is 26.5. The number of benzene rings is 1. The van der Waals surface area contributed by atoms with Gasteiger partial charge in [0.15, 0.2) is 0 Å². The SMILES string of the molecule is CNC(=O)C1C(=O)CC(C)(O)C(C(=O)NC)C1c1ccc([N+](=O)[O-])cc1. The quantitative estimate of drug-likeness (QED) is 0.395. The third kappa shape index (κ3) is 3.43. The summed E-state index contributed by atoms with van der Waals surface area (Å²) in [5.41, 5.74) is -1.42. The lowest BCUT2D eigenvalue weighted by Gasteiger charge is -2.44. The van der Waals surface area contributed by atoms with E-state index in [2.05, 4.69) is 10.6 Å². The molecule has 9 nitrogen and oxygen atoms in total. The molecule has 2 rings (SSSR count). The minimum atomic E-state index is -1.66. The van der Waals surface area contributed by atoms with E-state index in [0.717, 1.165) is 0 Å². The number of hydrogen-bond acceptors (Lipinski definition) is 6. The van der Waals surface area contributed by atoms with E-state index >= 15 is 0 Å². The zero-order valence-corrected chi connectivity index (χ0v) is 14.7. The van der Waals surface area contributed by atoms with E-state index in [1.807, 2.05) is 0 Å². The minimum Gasteiger partial charge on any atom is -0.389 e. The average molecular weight is 363 g/mol. The standard InChI is InChI=1S/C17H21N3O6/c1-17(24)8-11(21)13(15(22)18-2)12(14(17)16(23)19-3)9-4-6-10(7-5-9)20(25)26/h4-7,12-14,24H,8H2,1-3H3,(H,18,22)(H,19,23). The van der Waals surface area contributed by atoms with Gasteiger partial charge in [-0.25, -0.2) is 0 Å². The maximum absolute atomic E-state index is 12.6. The van der Waals surface area contributed by atoms with Gasteiger partial charge >= 0.3 is 0 Å². The zero-order chi connectivity index (χ0) is 19.6. The number of nitro groups is 1. The van der Waals surface area contributed by atoms with Crippen molar-refractivity contribution in [3.8, 4) is 0 Å². The molecule has 1 aromatic carbocycles. The van der Waals surface area contributed by atoms with E-state index in [4.69, 9.17) is 0 Å². The number of hydrogen-bond donors (Lipinski definition) is 3. The van der Waals surface area contributed by atoms with Gasteiger partial charge in [0.1, 0.15) is 11.7 Å². The van der Waals surface area contributed by atoms with Crippen LogP contribution < -0.4 is 10.6 Å². The van der Waals surface area contributed by atoms with Crippen LogP contribution in [0.2, 0.25) is 0 Å². The number of amides is 2. The fourth-order valence-electron chi connectivity index (χ4n) is 3.62. The Hall–Kier alpha value is -2.81. The number of nitro benzene ring substituents is 1. The minimum absolute atomic E-state index is 0.157. The first-order chi connectivity index (χ1) is 12.1. The third-order valence-corrected chi connectivity index (χ3v) is 4.81. The van der Waals surface area contributed by atoms with Crippen LogP contribution in [0, 0.1) is 22.0 Å². The van der Waals surface area contributed by atoms with E-state index in [-0.39, 0.29) is 12.1 Å². The number of nitrogens with one attached hydrogen (secondary N) is 2. The average Bonchev–Trinajstić information content (AvgIpc) is 2.59. The first-order valence-corrected chi connectivity index (χ1v) is 8.06. The van der Waals surface area contributed by atoms with Crippen LogP contribution in [-0.2, 0) is 14.4 Å². The second-order valence-electron chi connectivity index (χ2n) is 6.56. The molecule has 1 aliphatic carbocycles. The number of carbonyl (C=O) groups excluding carboxylic acids is 3. The summed E-state index contributed by atoms with van der Waals surface area (Å²) in [5.74, 6) is -4.77. The molecule has 3 N–H and O–H groups in total. The van der Waals surface area contributed by atoms with E-state index in [1.165, 1.54) is 45.3 Å². The molecule has 1 fully saturated rings. The van der Waals surface area contributed by atoms with Gasteiger partial charge in [-0.2, -0.15) is 0 Å². The van der Waals surface area contributed by atoms with Gasteiger partial charge in [-0.05, 0) is 12.5 Å². The Kier molecular flexibility index (Phi) is 5.41. The van der Waals surface area contributed by atoms with Crippen molar-refractivity contribution in [2.24, 2.45) is 11.8 Å². The molecule has 0 spiro atoms. The van der Waals surface area contributed by atoms with Crippen LogP contribution >= 0.6 is 0 Å². The van der Waals surface area contributed by atoms with Gasteiger partial charge in [-0.1, -0.05) is 12.1 Å². The highest BCUT2D eigenvalue weighted by Gasteiger charge is 2.55. The Morgan fingerprint density at radius 3 is 2.19 bits per heavy atom. The summed E-state index contributed by atoms with van der Waals surface area (Å²) in [6, 6.07) is 5.29. The van der Waals surface area contributed by atoms with Crippen molar-refractivity contribution in [1.29, 1.82) is 0 Å². The summed E-state index contributed by atoms with van der Waals surface area (Å²) in [6.07, 6.45) is -0.341. The number of aliphatic hydroxyl groups is 1. The lowest BCUT2D eigenvalue weighted by Crippen LogP contribution is -2.57. The molecular formula is C17H21N3O6. The second kappa shape index (κ2) is 7.20. The van der Waals surface area contributed by atoms with Gasteiger partial charge in [0.25, 0.3) is 5.69 Å². The molecule has 0 saturated heterocycles. The maximum atomic E-state index is 12.6. The van der Waals surface area contributed by atoms with Gasteiger partial charge in [0, 0.05) is 38.6 Å². The van der Waals surface area contributed by atoms with Crippen molar-refractivity contribution in [2.75, 3.05) is 14.1 Å². The molecule has 1 saturated carbocycles. The fourth-order valence-corrected chi connectivity index (χ4v) is 3.62. The molecular weight excluding hydrogens is 342 g/mol. The Bertz CT molecular complexity index is 743. The predicted molar refractivity (Wildman–Crippen MR) is 91.2 cm³/mol. The van der Waals surface area contributed by atoms with Crippen molar-refractivity contribution in [3.63, 3.8) is 0 Å². The molecule has 0 bridgehead atoms. The first-order valence-electron chi connectivity index (χ1n) is 8.06. The molecule has 2 amide bonds. The fraction of sp³-hybridized carbons (Fsp3) is 0.471. The van der Waals surface area contributed by atoms with Crippen LogP contribution in [0.5, 0.6) is 0 Å². The van der Waals surface area contributed by atoms with Crippen LogP contribution in [0.4, 0.5) is 5.69 Å². The van der Waals surface area contributed by atoms with Gasteiger partial charge < -0.3 is 15.7 Å². The van der Waals surface area contributed by atoms with Crippen molar-refractivity contribution in [3.05, 3.63) is 39.9 Å². The first kappa shape index (κ1) is 19.5. The number of carbonyl (C=O) groups is 3. The van der Waals surface area contributed by atoms with Crippen molar-refractivity contribution >= 4 is 23.3 Å². The zero-order valence-electron chi connectivity index (χ0n) is 14.7. The normalized spacial score (nSPS) is 28.3. The van der Waals surface area contributed by atoms with E-state index in [0.29, 0.717) is 5.56 Å². The Balaban J connectivity index is 2.62. The molecule has 1 aromatic rings. The highest BCUT2D eigenvalue weighted by molar-refractivity contribution is 6.05. The van der Waals surface area contributed by atoms with Crippen molar-refractivity contribution in [2.45, 2.75) is 24.9 Å². The summed E-state index contributed by atoms with van der Waals surface area (Å²) in [6.45, 7) is 1.38. The van der Waals surface area contributed by atoms with Gasteiger partial charge in [0.2, 0.25) is 11.8 Å². The maximum Gasteiger partial charge on any atom is 0.269 e. The molecule has 4 atom stereocenters. The summed E-state index contributed by atoms with van der Waals surface area (Å²) < 4.78 is 0. The highest BCUT2D eigenvalue weighted by Crippen LogP contribution is 2.46. The highest BCUT2D eigenvalue weighted by atomic mass is 16.6. The lowest BCUT2D eigenvalue weighted by molar-refractivity contribution is -0.384. The van der Waals surface area contributed by atoms with Crippen LogP contribution in [-0.4, -0.2) is 47.3 Å². The van der Waals surface area contributed by atoms with Crippen LogP contribution in [0.3, 0.4) is 0 Å². The van der Waals surface area contributed by atoms with E-state index in [9.17, 15) is 29.6 Å². The van der Waals surface area contributed by atoms with Crippen molar-refractivity contribution in [1.82, 2.24) is 10.6 Å². The largest absolute Gasteiger partial charge is 0.389 e. The Labute approximate surface area is 149 Å². The number of ketones is 1. The second-order valence-corrected chi connectivity index (χ2v) is 6.56. The van der Waals surface area contributed by atoms with E-state index < -0.39 is 45.9 Å². The van der Waals surface area contributed by atoms with Crippen LogP contribution in [0.15, 0.2) is 24.3 Å². The smallest absolute Gasteiger partial charge is 0.269 e. The summed E-state index contributed by atoms with van der Waals surface area (Å²) in [4.78, 5) is 47.7. The molecule has 9 heteroatoms. The Morgan fingerprint density at radius 1 is 1.19 bits per heavy atom. The van der Waals surface area contributed by atoms with Gasteiger partial charge in [-0.3, -0.25) is 24.5 Å². The van der Waals surface area contributed by atoms with Crippen LogP contribution in [0.1, 0.15) is 24.8 Å². The molecule has 0 radical (unpaired) electrons. The number of nitrogens with zero attached hydrogens (tertiary/aromatic N) is 1. The molecule has 140 valence electrons. The lowest BCUT2D eigenvalue weighted by atomic mass is 9.61.